The third-order valence-electron chi connectivity index (χ3n) is 3.71. The normalized spacial score (nSPS) is 34.4. The molecule has 76 valence electrons. The molecule has 2 unspecified atom stereocenters. The molecule has 0 aromatic heterocycles. The second-order valence-corrected chi connectivity index (χ2v) is 6.06. The van der Waals surface area contributed by atoms with Gasteiger partial charge in [-0.15, -0.1) is 0 Å². The van der Waals surface area contributed by atoms with Crippen molar-refractivity contribution in [3.05, 3.63) is 0 Å². The van der Waals surface area contributed by atoms with Crippen LogP contribution in [0.4, 0.5) is 0 Å². The smallest absolute Gasteiger partial charge is 0.0136 e. The summed E-state index contributed by atoms with van der Waals surface area (Å²) < 4.78 is 0. The highest BCUT2D eigenvalue weighted by Gasteiger charge is 2.41. The van der Waals surface area contributed by atoms with Crippen molar-refractivity contribution in [1.82, 2.24) is 4.90 Å². The first-order valence-electron chi connectivity index (χ1n) is 5.80. The number of nitrogens with zero attached hydrogens (tertiary/aromatic N) is 1. The highest BCUT2D eigenvalue weighted by atomic mass is 15.2. The van der Waals surface area contributed by atoms with Gasteiger partial charge in [-0.3, -0.25) is 4.90 Å². The quantitative estimate of drug-likeness (QED) is 0.633. The summed E-state index contributed by atoms with van der Waals surface area (Å²) in [6.07, 6.45) is 5.84. The molecule has 1 heterocycles. The Balaban J connectivity index is 1.73. The molecular weight excluding hydrogens is 158 g/mol. The molecule has 1 heteroatoms. The Morgan fingerprint density at radius 2 is 2.00 bits per heavy atom. The summed E-state index contributed by atoms with van der Waals surface area (Å²) in [5.74, 6) is 1.08. The average molecular weight is 181 g/mol. The third kappa shape index (κ3) is 2.07. The zero-order chi connectivity index (χ0) is 9.47. The molecule has 1 saturated heterocycles. The summed E-state index contributed by atoms with van der Waals surface area (Å²) >= 11 is 0. The van der Waals surface area contributed by atoms with E-state index >= 15 is 0 Å². The van der Waals surface area contributed by atoms with E-state index in [0.29, 0.717) is 5.41 Å². The van der Waals surface area contributed by atoms with Crippen LogP contribution in [0.5, 0.6) is 0 Å². The molecule has 1 saturated carbocycles. The molecule has 2 rings (SSSR count). The Morgan fingerprint density at radius 3 is 2.62 bits per heavy atom. The van der Waals surface area contributed by atoms with Gasteiger partial charge in [0.2, 0.25) is 0 Å². The third-order valence-corrected chi connectivity index (χ3v) is 3.71. The lowest BCUT2D eigenvalue weighted by Gasteiger charge is -2.45. The van der Waals surface area contributed by atoms with Crippen molar-refractivity contribution in [2.45, 2.75) is 52.5 Å². The molecule has 2 aliphatic rings. The van der Waals surface area contributed by atoms with Crippen molar-refractivity contribution in [1.29, 1.82) is 0 Å². The first-order chi connectivity index (χ1) is 6.06. The largest absolute Gasteiger partial charge is 0.300 e. The van der Waals surface area contributed by atoms with Crippen LogP contribution in [0.3, 0.4) is 0 Å². The van der Waals surface area contributed by atoms with Gasteiger partial charge < -0.3 is 0 Å². The first-order valence-corrected chi connectivity index (χ1v) is 5.80. The fraction of sp³-hybridized carbons (Fsp3) is 1.00. The molecule has 0 N–H and O–H groups in total. The molecule has 1 aliphatic carbocycles. The molecule has 1 nitrogen and oxygen atoms in total. The minimum absolute atomic E-state index is 0.518. The van der Waals surface area contributed by atoms with Crippen LogP contribution in [0, 0.1) is 11.3 Å². The van der Waals surface area contributed by atoms with E-state index in [4.69, 9.17) is 0 Å². The van der Waals surface area contributed by atoms with Crippen LogP contribution in [0.2, 0.25) is 0 Å². The zero-order valence-electron chi connectivity index (χ0n) is 9.34. The van der Waals surface area contributed by atoms with Gasteiger partial charge >= 0.3 is 0 Å². The number of fused-ring (bicyclic) bond motifs is 1. The monoisotopic (exact) mass is 181 g/mol. The van der Waals surface area contributed by atoms with Crippen LogP contribution in [-0.4, -0.2) is 24.0 Å². The molecule has 0 spiro atoms. The summed E-state index contributed by atoms with van der Waals surface area (Å²) in [6, 6.07) is 0.988. The Kier molecular flexibility index (Phi) is 2.39. The van der Waals surface area contributed by atoms with Crippen LogP contribution in [0.1, 0.15) is 46.5 Å². The second kappa shape index (κ2) is 3.27. The number of hydrogen-bond acceptors (Lipinski definition) is 1. The van der Waals surface area contributed by atoms with Crippen molar-refractivity contribution in [3.63, 3.8) is 0 Å². The van der Waals surface area contributed by atoms with Crippen LogP contribution in [-0.2, 0) is 0 Å². The Morgan fingerprint density at radius 1 is 1.23 bits per heavy atom. The minimum atomic E-state index is 0.518. The standard InChI is InChI=1S/C12H23N/c1-12(2,3)7-8-13-9-10-5-4-6-11(10)13/h10-11H,4-9H2,1-3H3. The molecule has 0 aromatic carbocycles. The molecule has 1 aliphatic heterocycles. The van der Waals surface area contributed by atoms with E-state index in [1.54, 1.807) is 0 Å². The van der Waals surface area contributed by atoms with E-state index in [9.17, 15) is 0 Å². The predicted octanol–water partition coefficient (Wildman–Crippen LogP) is 2.91. The van der Waals surface area contributed by atoms with Crippen molar-refractivity contribution >= 4 is 0 Å². The van der Waals surface area contributed by atoms with Crippen molar-refractivity contribution < 1.29 is 0 Å². The molecule has 2 atom stereocenters. The van der Waals surface area contributed by atoms with E-state index in [2.05, 4.69) is 25.7 Å². The van der Waals surface area contributed by atoms with Crippen LogP contribution in [0.15, 0.2) is 0 Å². The van der Waals surface area contributed by atoms with Gasteiger partial charge in [0.15, 0.2) is 0 Å². The molecule has 2 fully saturated rings. The second-order valence-electron chi connectivity index (χ2n) is 6.06. The lowest BCUT2D eigenvalue weighted by Crippen LogP contribution is -2.53. The van der Waals surface area contributed by atoms with E-state index in [1.807, 2.05) is 0 Å². The van der Waals surface area contributed by atoms with Gasteiger partial charge in [0, 0.05) is 12.6 Å². The summed E-state index contributed by atoms with van der Waals surface area (Å²) in [5, 5.41) is 0. The molecule has 0 amide bonds. The van der Waals surface area contributed by atoms with Gasteiger partial charge in [-0.25, -0.2) is 0 Å². The van der Waals surface area contributed by atoms with Gasteiger partial charge in [0.25, 0.3) is 0 Å². The highest BCUT2D eigenvalue weighted by molar-refractivity contribution is 4.96. The van der Waals surface area contributed by atoms with Crippen LogP contribution >= 0.6 is 0 Å². The lowest BCUT2D eigenvalue weighted by molar-refractivity contribution is 0.0291. The lowest BCUT2D eigenvalue weighted by atomic mass is 9.87. The SMILES string of the molecule is CC(C)(C)CCN1CC2CCCC21. The van der Waals surface area contributed by atoms with E-state index in [0.717, 1.165) is 12.0 Å². The molecular formula is C12H23N. The number of hydrogen-bond donors (Lipinski definition) is 0. The predicted molar refractivity (Wildman–Crippen MR) is 56.8 cm³/mol. The Bertz CT molecular complexity index is 180. The zero-order valence-corrected chi connectivity index (χ0v) is 9.34. The van der Waals surface area contributed by atoms with Crippen LogP contribution in [0.25, 0.3) is 0 Å². The van der Waals surface area contributed by atoms with Crippen molar-refractivity contribution in [2.24, 2.45) is 11.3 Å². The van der Waals surface area contributed by atoms with Crippen LogP contribution < -0.4 is 0 Å². The minimum Gasteiger partial charge on any atom is -0.300 e. The van der Waals surface area contributed by atoms with Gasteiger partial charge in [0.1, 0.15) is 0 Å². The van der Waals surface area contributed by atoms with Gasteiger partial charge in [-0.2, -0.15) is 0 Å². The maximum Gasteiger partial charge on any atom is 0.0136 e. The van der Waals surface area contributed by atoms with Gasteiger partial charge in [0.05, 0.1) is 0 Å². The number of rotatable bonds is 2. The molecule has 13 heavy (non-hydrogen) atoms. The maximum atomic E-state index is 2.71. The van der Waals surface area contributed by atoms with Gasteiger partial charge in [-0.1, -0.05) is 27.2 Å². The summed E-state index contributed by atoms with van der Waals surface area (Å²) in [4.78, 5) is 2.71. The Hall–Kier alpha value is -0.0400. The number of likely N-dealkylation sites (tertiary alicyclic amines) is 1. The van der Waals surface area contributed by atoms with E-state index < -0.39 is 0 Å². The summed E-state index contributed by atoms with van der Waals surface area (Å²) in [5.41, 5.74) is 0.518. The van der Waals surface area contributed by atoms with E-state index in [-0.39, 0.29) is 0 Å². The molecule has 0 radical (unpaired) electrons. The molecule has 0 bridgehead atoms. The summed E-state index contributed by atoms with van der Waals surface area (Å²) in [6.45, 7) is 9.78. The van der Waals surface area contributed by atoms with E-state index in [1.165, 1.54) is 38.8 Å². The molecule has 0 aromatic rings. The fourth-order valence-corrected chi connectivity index (χ4v) is 2.75. The topological polar surface area (TPSA) is 3.24 Å². The first kappa shape index (κ1) is 9.51. The fourth-order valence-electron chi connectivity index (χ4n) is 2.75. The maximum absolute atomic E-state index is 2.71. The highest BCUT2D eigenvalue weighted by Crippen LogP contribution is 2.39. The van der Waals surface area contributed by atoms with Crippen molar-refractivity contribution in [3.8, 4) is 0 Å². The Labute approximate surface area is 82.5 Å². The van der Waals surface area contributed by atoms with Crippen molar-refractivity contribution in [2.75, 3.05) is 13.1 Å². The summed E-state index contributed by atoms with van der Waals surface area (Å²) in [7, 11) is 0. The average Bonchev–Trinajstić information content (AvgIpc) is 2.30. The van der Waals surface area contributed by atoms with Gasteiger partial charge in [-0.05, 0) is 37.1 Å².